The molecule has 4 heteroatoms. The molecule has 2 nitrogen and oxygen atoms in total. The second-order valence-corrected chi connectivity index (χ2v) is 4.09. The predicted molar refractivity (Wildman–Crippen MR) is 58.7 cm³/mol. The van der Waals surface area contributed by atoms with Crippen LogP contribution in [-0.4, -0.2) is 11.1 Å². The topological polar surface area (TPSA) is 22.1 Å². The molecule has 0 aromatic carbocycles. The van der Waals surface area contributed by atoms with E-state index in [0.29, 0.717) is 17.4 Å². The van der Waals surface area contributed by atoms with E-state index in [2.05, 4.69) is 18.8 Å². The number of halogens is 2. The first-order chi connectivity index (χ1) is 7.04. The van der Waals surface area contributed by atoms with Crippen LogP contribution in [0.2, 0.25) is 0 Å². The molecule has 0 saturated carbocycles. The minimum Gasteiger partial charge on any atom is -0.474 e. The Morgan fingerprint density at radius 3 is 2.67 bits per heavy atom. The van der Waals surface area contributed by atoms with Gasteiger partial charge in [-0.25, -0.2) is 9.37 Å². The van der Waals surface area contributed by atoms with E-state index in [9.17, 15) is 4.39 Å². The summed E-state index contributed by atoms with van der Waals surface area (Å²) in [5.74, 6) is 0.605. The summed E-state index contributed by atoms with van der Waals surface area (Å²) < 4.78 is 18.4. The number of rotatable bonds is 4. The Morgan fingerprint density at radius 1 is 1.47 bits per heavy atom. The van der Waals surface area contributed by atoms with Crippen molar-refractivity contribution >= 4 is 11.6 Å². The van der Waals surface area contributed by atoms with Crippen molar-refractivity contribution in [2.45, 2.75) is 32.8 Å². The molecule has 0 aliphatic rings. The van der Waals surface area contributed by atoms with Crippen molar-refractivity contribution in [1.82, 2.24) is 4.98 Å². The Bertz CT molecular complexity index is 330. The van der Waals surface area contributed by atoms with Crippen molar-refractivity contribution in [1.29, 1.82) is 0 Å². The van der Waals surface area contributed by atoms with Gasteiger partial charge in [0, 0.05) is 5.56 Å². The van der Waals surface area contributed by atoms with Crippen LogP contribution in [0, 0.1) is 11.7 Å². The normalized spacial score (nSPS) is 12.9. The molecule has 84 valence electrons. The fraction of sp³-hybridized carbons (Fsp3) is 0.545. The highest BCUT2D eigenvalue weighted by atomic mass is 35.5. The predicted octanol–water partition coefficient (Wildman–Crippen LogP) is 3.38. The van der Waals surface area contributed by atoms with Gasteiger partial charge in [0.2, 0.25) is 5.88 Å². The lowest BCUT2D eigenvalue weighted by molar-refractivity contribution is 0.161. The zero-order chi connectivity index (χ0) is 11.4. The minimum atomic E-state index is -0.393. The zero-order valence-corrected chi connectivity index (χ0v) is 9.88. The summed E-state index contributed by atoms with van der Waals surface area (Å²) in [4.78, 5) is 3.89. The molecule has 0 radical (unpaired) electrons. The van der Waals surface area contributed by atoms with Gasteiger partial charge >= 0.3 is 0 Å². The van der Waals surface area contributed by atoms with E-state index in [1.807, 2.05) is 6.92 Å². The fourth-order valence-corrected chi connectivity index (χ4v) is 1.17. The molecule has 0 saturated heterocycles. The monoisotopic (exact) mass is 231 g/mol. The van der Waals surface area contributed by atoms with Gasteiger partial charge in [0.1, 0.15) is 5.82 Å². The lowest BCUT2D eigenvalue weighted by atomic mass is 10.1. The molecule has 15 heavy (non-hydrogen) atoms. The van der Waals surface area contributed by atoms with E-state index in [0.717, 1.165) is 6.20 Å². The molecule has 0 aliphatic carbocycles. The molecular formula is C11H15ClFNO. The second kappa shape index (κ2) is 5.31. The van der Waals surface area contributed by atoms with Gasteiger partial charge < -0.3 is 4.74 Å². The van der Waals surface area contributed by atoms with Gasteiger partial charge in [0.25, 0.3) is 0 Å². The highest BCUT2D eigenvalue weighted by Crippen LogP contribution is 2.21. The average Bonchev–Trinajstić information content (AvgIpc) is 2.20. The zero-order valence-electron chi connectivity index (χ0n) is 9.13. The van der Waals surface area contributed by atoms with Gasteiger partial charge in [-0.15, -0.1) is 11.6 Å². The Morgan fingerprint density at radius 2 is 2.13 bits per heavy atom. The molecule has 0 amide bonds. The van der Waals surface area contributed by atoms with Gasteiger partial charge in [-0.05, 0) is 18.9 Å². The van der Waals surface area contributed by atoms with E-state index >= 15 is 0 Å². The van der Waals surface area contributed by atoms with Gasteiger partial charge in [-0.1, -0.05) is 13.8 Å². The van der Waals surface area contributed by atoms with Crippen LogP contribution in [-0.2, 0) is 5.88 Å². The van der Waals surface area contributed by atoms with Crippen LogP contribution in [0.3, 0.4) is 0 Å². The molecule has 1 rings (SSSR count). The molecule has 0 bridgehead atoms. The summed E-state index contributed by atoms with van der Waals surface area (Å²) in [6, 6.07) is 1.35. The molecule has 1 atom stereocenters. The fourth-order valence-electron chi connectivity index (χ4n) is 0.983. The second-order valence-electron chi connectivity index (χ2n) is 3.82. The Labute approximate surface area is 94.4 Å². The number of alkyl halides is 1. The summed E-state index contributed by atoms with van der Waals surface area (Å²) in [5, 5.41) is 0. The number of hydrogen-bond donors (Lipinski definition) is 0. The Kier molecular flexibility index (Phi) is 4.33. The number of ether oxygens (including phenoxy) is 1. The van der Waals surface area contributed by atoms with E-state index in [1.165, 1.54) is 6.07 Å². The van der Waals surface area contributed by atoms with Crippen LogP contribution < -0.4 is 4.74 Å². The largest absolute Gasteiger partial charge is 0.474 e. The number of pyridine rings is 1. The maximum atomic E-state index is 12.9. The van der Waals surface area contributed by atoms with Gasteiger partial charge in [0.15, 0.2) is 0 Å². The van der Waals surface area contributed by atoms with E-state index in [-0.39, 0.29) is 12.0 Å². The van der Waals surface area contributed by atoms with Crippen LogP contribution in [0.15, 0.2) is 12.3 Å². The van der Waals surface area contributed by atoms with E-state index < -0.39 is 5.82 Å². The summed E-state index contributed by atoms with van der Waals surface area (Å²) in [7, 11) is 0. The van der Waals surface area contributed by atoms with Crippen molar-refractivity contribution in [3.63, 3.8) is 0 Å². The highest BCUT2D eigenvalue weighted by Gasteiger charge is 2.13. The van der Waals surface area contributed by atoms with Crippen LogP contribution in [0.5, 0.6) is 5.88 Å². The van der Waals surface area contributed by atoms with E-state index in [4.69, 9.17) is 16.3 Å². The van der Waals surface area contributed by atoms with Crippen molar-refractivity contribution in [2.75, 3.05) is 0 Å². The van der Waals surface area contributed by atoms with Gasteiger partial charge in [-0.2, -0.15) is 0 Å². The molecule has 1 aromatic heterocycles. The standard InChI is InChI=1S/C11H15ClFNO/c1-7(2)8(3)15-11-9(5-12)4-10(13)6-14-11/h4,6-8H,5H2,1-3H3. The molecule has 1 aromatic rings. The maximum Gasteiger partial charge on any atom is 0.218 e. The third-order valence-electron chi connectivity index (χ3n) is 2.27. The SMILES string of the molecule is CC(C)C(C)Oc1ncc(F)cc1CCl. The van der Waals surface area contributed by atoms with Crippen LogP contribution in [0.4, 0.5) is 4.39 Å². The third-order valence-corrected chi connectivity index (χ3v) is 2.56. The maximum absolute atomic E-state index is 12.9. The summed E-state index contributed by atoms with van der Waals surface area (Å²) in [6.45, 7) is 6.05. The van der Waals surface area contributed by atoms with Crippen LogP contribution in [0.1, 0.15) is 26.3 Å². The summed E-state index contributed by atoms with van der Waals surface area (Å²) in [5.41, 5.74) is 0.587. The molecule has 0 aliphatic heterocycles. The van der Waals surface area contributed by atoms with Crippen LogP contribution >= 0.6 is 11.6 Å². The van der Waals surface area contributed by atoms with Gasteiger partial charge in [-0.3, -0.25) is 0 Å². The van der Waals surface area contributed by atoms with Crippen molar-refractivity contribution in [3.05, 3.63) is 23.6 Å². The minimum absolute atomic E-state index is 0.0323. The molecular weight excluding hydrogens is 217 g/mol. The first-order valence-electron chi connectivity index (χ1n) is 4.91. The third kappa shape index (κ3) is 3.34. The molecule has 0 spiro atoms. The van der Waals surface area contributed by atoms with Crippen molar-refractivity contribution < 1.29 is 9.13 Å². The first kappa shape index (κ1) is 12.2. The Hall–Kier alpha value is -0.830. The number of nitrogens with zero attached hydrogens (tertiary/aromatic N) is 1. The molecule has 1 heterocycles. The quantitative estimate of drug-likeness (QED) is 0.742. The molecule has 1 unspecified atom stereocenters. The van der Waals surface area contributed by atoms with Gasteiger partial charge in [0.05, 0.1) is 18.2 Å². The molecule has 0 fully saturated rings. The number of hydrogen-bond acceptors (Lipinski definition) is 2. The van der Waals surface area contributed by atoms with E-state index in [1.54, 1.807) is 0 Å². The summed E-state index contributed by atoms with van der Waals surface area (Å²) in [6.07, 6.45) is 1.17. The lowest BCUT2D eigenvalue weighted by Gasteiger charge is -2.18. The number of aromatic nitrogens is 1. The molecule has 0 N–H and O–H groups in total. The first-order valence-corrected chi connectivity index (χ1v) is 5.45. The van der Waals surface area contributed by atoms with Crippen molar-refractivity contribution in [3.8, 4) is 5.88 Å². The highest BCUT2D eigenvalue weighted by molar-refractivity contribution is 6.17. The van der Waals surface area contributed by atoms with Crippen LogP contribution in [0.25, 0.3) is 0 Å². The lowest BCUT2D eigenvalue weighted by Crippen LogP contribution is -2.20. The smallest absolute Gasteiger partial charge is 0.218 e. The average molecular weight is 232 g/mol. The Balaban J connectivity index is 2.84. The summed E-state index contributed by atoms with van der Waals surface area (Å²) >= 11 is 5.68. The van der Waals surface area contributed by atoms with Crippen molar-refractivity contribution in [2.24, 2.45) is 5.92 Å².